The summed E-state index contributed by atoms with van der Waals surface area (Å²) in [4.78, 5) is 17.9. The monoisotopic (exact) mass is 494 g/mol. The smallest absolute Gasteiger partial charge is 0.241 e. The van der Waals surface area contributed by atoms with Crippen molar-refractivity contribution < 1.29 is 9.53 Å². The topological polar surface area (TPSA) is 66.0 Å². The molecule has 0 aliphatic rings. The molecule has 6 nitrogen and oxygen atoms in total. The van der Waals surface area contributed by atoms with Gasteiger partial charge in [0, 0.05) is 20.6 Å². The van der Waals surface area contributed by atoms with Crippen LogP contribution in [0.4, 0.5) is 0 Å². The summed E-state index contributed by atoms with van der Waals surface area (Å²) in [6, 6.07) is 7.82. The Morgan fingerprint density at radius 2 is 1.88 bits per heavy atom. The Bertz CT molecular complexity index is 538. The van der Waals surface area contributed by atoms with Crippen LogP contribution < -0.4 is 15.4 Å². The minimum atomic E-state index is 0. The molecule has 1 aromatic rings. The average molecular weight is 494 g/mol. The summed E-state index contributed by atoms with van der Waals surface area (Å²) in [7, 11) is 5.14. The van der Waals surface area contributed by atoms with Crippen molar-refractivity contribution in [1.29, 1.82) is 0 Å². The van der Waals surface area contributed by atoms with E-state index >= 15 is 0 Å². The second-order valence-corrected chi connectivity index (χ2v) is 6.77. The zero-order valence-corrected chi connectivity index (χ0v) is 19.2. The number of thioether (sulfide) groups is 1. The molecule has 2 N–H and O–H groups in total. The molecule has 0 saturated heterocycles. The van der Waals surface area contributed by atoms with E-state index in [1.54, 1.807) is 26.1 Å². The van der Waals surface area contributed by atoms with Gasteiger partial charge in [0.15, 0.2) is 5.96 Å². The molecule has 0 aliphatic heterocycles. The molecular weight excluding hydrogens is 463 g/mol. The van der Waals surface area contributed by atoms with Crippen LogP contribution in [0, 0.1) is 0 Å². The van der Waals surface area contributed by atoms with E-state index in [0.717, 1.165) is 36.5 Å². The number of guanidine groups is 1. The molecule has 1 amide bonds. The maximum absolute atomic E-state index is 11.8. The first-order valence-corrected chi connectivity index (χ1v) is 9.80. The lowest BCUT2D eigenvalue weighted by molar-refractivity contribution is -0.127. The maximum atomic E-state index is 11.8. The number of aliphatic imine (C=N–C) groups is 1. The molecule has 0 aliphatic carbocycles. The van der Waals surface area contributed by atoms with E-state index in [4.69, 9.17) is 4.74 Å². The first-order valence-electron chi connectivity index (χ1n) is 8.41. The van der Waals surface area contributed by atoms with E-state index in [2.05, 4.69) is 21.9 Å². The molecule has 0 saturated carbocycles. The van der Waals surface area contributed by atoms with Crippen molar-refractivity contribution in [3.63, 3.8) is 0 Å². The molecule has 1 rings (SSSR count). The van der Waals surface area contributed by atoms with Gasteiger partial charge in [0.1, 0.15) is 5.75 Å². The van der Waals surface area contributed by atoms with Crippen LogP contribution >= 0.6 is 35.7 Å². The fourth-order valence-electron chi connectivity index (χ4n) is 1.97. The zero-order valence-electron chi connectivity index (χ0n) is 16.1. The molecule has 0 spiro atoms. The highest BCUT2D eigenvalue weighted by Gasteiger charge is 2.05. The van der Waals surface area contributed by atoms with Crippen molar-refractivity contribution in [3.05, 3.63) is 29.8 Å². The van der Waals surface area contributed by atoms with Gasteiger partial charge < -0.3 is 20.3 Å². The number of rotatable bonds is 10. The lowest BCUT2D eigenvalue weighted by Gasteiger charge is -2.15. The van der Waals surface area contributed by atoms with Crippen LogP contribution in [0.15, 0.2) is 29.3 Å². The van der Waals surface area contributed by atoms with E-state index in [0.29, 0.717) is 12.5 Å². The molecule has 1 aromatic carbocycles. The van der Waals surface area contributed by atoms with Crippen LogP contribution in [-0.2, 0) is 11.3 Å². The predicted octanol–water partition coefficient (Wildman–Crippen LogP) is 2.58. The Balaban J connectivity index is 0.00000625. The standard InChI is InChI=1S/C18H30N4O2S.HI/c1-22(2)17(23)14-21-18(19-11-5-6-12-25-4)20-13-15-7-9-16(24-3)10-8-15;/h7-10H,5-6,11-14H2,1-4H3,(H2,19,20,21);1H. The second kappa shape index (κ2) is 15.0. The van der Waals surface area contributed by atoms with Crippen molar-refractivity contribution in [3.8, 4) is 5.75 Å². The van der Waals surface area contributed by atoms with Crippen LogP contribution in [0.2, 0.25) is 0 Å². The number of methoxy groups -OCH3 is 1. The molecule has 0 aromatic heterocycles. The molecule has 0 heterocycles. The third-order valence-electron chi connectivity index (χ3n) is 3.55. The Morgan fingerprint density at radius 1 is 1.19 bits per heavy atom. The largest absolute Gasteiger partial charge is 0.497 e. The second-order valence-electron chi connectivity index (χ2n) is 5.78. The van der Waals surface area contributed by atoms with Gasteiger partial charge in [-0.25, -0.2) is 4.99 Å². The molecule has 0 atom stereocenters. The number of likely N-dealkylation sites (N-methyl/N-ethyl adjacent to an activating group) is 1. The number of unbranched alkanes of at least 4 members (excludes halogenated alkanes) is 1. The van der Waals surface area contributed by atoms with Crippen molar-refractivity contribution in [2.75, 3.05) is 46.3 Å². The summed E-state index contributed by atoms with van der Waals surface area (Å²) in [5, 5.41) is 6.40. The van der Waals surface area contributed by atoms with E-state index in [9.17, 15) is 4.79 Å². The van der Waals surface area contributed by atoms with Crippen molar-refractivity contribution in [1.82, 2.24) is 15.5 Å². The van der Waals surface area contributed by atoms with E-state index in [1.807, 2.05) is 36.0 Å². The number of nitrogens with zero attached hydrogens (tertiary/aromatic N) is 2. The molecule has 0 fully saturated rings. The fourth-order valence-corrected chi connectivity index (χ4v) is 2.46. The molecule has 0 bridgehead atoms. The normalized spacial score (nSPS) is 10.7. The molecule has 0 unspecified atom stereocenters. The van der Waals surface area contributed by atoms with Gasteiger partial charge in [0.25, 0.3) is 0 Å². The molecule has 0 radical (unpaired) electrons. The van der Waals surface area contributed by atoms with Crippen molar-refractivity contribution >= 4 is 47.6 Å². The van der Waals surface area contributed by atoms with Crippen LogP contribution in [-0.4, -0.2) is 63.1 Å². The molecule has 26 heavy (non-hydrogen) atoms. The minimum absolute atomic E-state index is 0. The summed E-state index contributed by atoms with van der Waals surface area (Å²) in [5.74, 6) is 2.66. The number of carbonyl (C=O) groups excluding carboxylic acids is 1. The lowest BCUT2D eigenvalue weighted by atomic mass is 10.2. The fraction of sp³-hybridized carbons (Fsp3) is 0.556. The number of halogens is 1. The first-order chi connectivity index (χ1) is 12.1. The lowest BCUT2D eigenvalue weighted by Crippen LogP contribution is -2.43. The van der Waals surface area contributed by atoms with E-state index in [-0.39, 0.29) is 36.4 Å². The van der Waals surface area contributed by atoms with Gasteiger partial charge in [-0.1, -0.05) is 12.1 Å². The number of nitrogens with one attached hydrogen (secondary N) is 2. The number of benzene rings is 1. The summed E-state index contributed by atoms with van der Waals surface area (Å²) >= 11 is 1.85. The van der Waals surface area contributed by atoms with Crippen LogP contribution in [0.5, 0.6) is 5.75 Å². The third kappa shape index (κ3) is 10.7. The quantitative estimate of drug-likeness (QED) is 0.227. The van der Waals surface area contributed by atoms with Gasteiger partial charge in [-0.2, -0.15) is 11.8 Å². The van der Waals surface area contributed by atoms with Gasteiger partial charge in [-0.15, -0.1) is 24.0 Å². The van der Waals surface area contributed by atoms with Crippen molar-refractivity contribution in [2.45, 2.75) is 19.4 Å². The Hall–Kier alpha value is -1.16. The van der Waals surface area contributed by atoms with Crippen LogP contribution in [0.25, 0.3) is 0 Å². The summed E-state index contributed by atoms with van der Waals surface area (Å²) in [6.07, 6.45) is 4.35. The van der Waals surface area contributed by atoms with Gasteiger partial charge in [0.2, 0.25) is 5.91 Å². The van der Waals surface area contributed by atoms with Crippen molar-refractivity contribution in [2.24, 2.45) is 4.99 Å². The highest BCUT2D eigenvalue weighted by Crippen LogP contribution is 2.11. The Morgan fingerprint density at radius 3 is 2.46 bits per heavy atom. The first kappa shape index (κ1) is 24.8. The number of amides is 1. The highest BCUT2D eigenvalue weighted by molar-refractivity contribution is 14.0. The number of carbonyl (C=O) groups is 1. The van der Waals surface area contributed by atoms with Crippen LogP contribution in [0.3, 0.4) is 0 Å². The van der Waals surface area contributed by atoms with Gasteiger partial charge in [-0.3, -0.25) is 4.79 Å². The average Bonchev–Trinajstić information content (AvgIpc) is 2.63. The van der Waals surface area contributed by atoms with Gasteiger partial charge >= 0.3 is 0 Å². The number of hydrogen-bond donors (Lipinski definition) is 2. The van der Waals surface area contributed by atoms with E-state index < -0.39 is 0 Å². The highest BCUT2D eigenvalue weighted by atomic mass is 127. The summed E-state index contributed by atoms with van der Waals surface area (Å²) < 4.78 is 5.16. The van der Waals surface area contributed by atoms with Gasteiger partial charge in [0.05, 0.1) is 20.2 Å². The number of ether oxygens (including phenoxy) is 1. The van der Waals surface area contributed by atoms with Gasteiger partial charge in [-0.05, 0) is 42.5 Å². The Kier molecular flexibility index (Phi) is 14.3. The maximum Gasteiger partial charge on any atom is 0.241 e. The molecule has 148 valence electrons. The number of hydrogen-bond acceptors (Lipinski definition) is 4. The summed E-state index contributed by atoms with van der Waals surface area (Å²) in [5.41, 5.74) is 1.09. The Labute approximate surface area is 178 Å². The zero-order chi connectivity index (χ0) is 18.5. The summed E-state index contributed by atoms with van der Waals surface area (Å²) in [6.45, 7) is 1.61. The molecular formula is C18H31IN4O2S. The predicted molar refractivity (Wildman–Crippen MR) is 122 cm³/mol. The van der Waals surface area contributed by atoms with Crippen LogP contribution in [0.1, 0.15) is 18.4 Å². The molecule has 8 heteroatoms. The van der Waals surface area contributed by atoms with E-state index in [1.165, 1.54) is 0 Å². The third-order valence-corrected chi connectivity index (χ3v) is 4.25. The SMILES string of the molecule is COc1ccc(CN=C(NCCCCSC)NCC(=O)N(C)C)cc1.I. The minimum Gasteiger partial charge on any atom is -0.497 e.